The molecule has 0 fully saturated rings. The molecule has 2 atom stereocenters. The molecule has 0 aliphatic carbocycles. The van der Waals surface area contributed by atoms with Gasteiger partial charge >= 0.3 is 5.97 Å². The molecule has 24 heavy (non-hydrogen) atoms. The molecular formula is C16H14ClN5O2. The minimum Gasteiger partial charge on any atom is -0.481 e. The minimum absolute atomic E-state index is 0.137. The van der Waals surface area contributed by atoms with Crippen LogP contribution in [-0.4, -0.2) is 27.8 Å². The summed E-state index contributed by atoms with van der Waals surface area (Å²) in [5.74, 6) is 4.00. The molecule has 0 saturated carbocycles. The Morgan fingerprint density at radius 1 is 1.54 bits per heavy atom. The number of hydrogen-bond acceptors (Lipinski definition) is 6. The average Bonchev–Trinajstić information content (AvgIpc) is 2.54. The van der Waals surface area contributed by atoms with Gasteiger partial charge in [0.1, 0.15) is 12.0 Å². The maximum absolute atomic E-state index is 11.6. The Kier molecular flexibility index (Phi) is 5.20. The third-order valence-corrected chi connectivity index (χ3v) is 3.89. The zero-order valence-corrected chi connectivity index (χ0v) is 13.5. The number of hydrogen-bond donors (Lipinski definition) is 2. The van der Waals surface area contributed by atoms with Gasteiger partial charge in [-0.25, -0.2) is 10.8 Å². The number of aliphatic carboxylic acids is 1. The van der Waals surface area contributed by atoms with Crippen LogP contribution in [0.5, 0.6) is 0 Å². The highest BCUT2D eigenvalue weighted by atomic mass is 35.5. The van der Waals surface area contributed by atoms with Crippen LogP contribution in [0.4, 0.5) is 0 Å². The molecule has 0 amide bonds. The molecule has 0 radical (unpaired) electrons. The van der Waals surface area contributed by atoms with Crippen LogP contribution in [0.1, 0.15) is 18.9 Å². The Labute approximate surface area is 143 Å². The fraction of sp³-hybridized carbons (Fsp3) is 0.250. The highest BCUT2D eigenvalue weighted by Gasteiger charge is 2.36. The van der Waals surface area contributed by atoms with Gasteiger partial charge in [0.05, 0.1) is 17.5 Å². The molecule has 0 aromatic heterocycles. The van der Waals surface area contributed by atoms with Gasteiger partial charge in [0.25, 0.3) is 0 Å². The summed E-state index contributed by atoms with van der Waals surface area (Å²) in [6.07, 6.45) is 0.252. The van der Waals surface area contributed by atoms with Crippen molar-refractivity contribution in [2.45, 2.75) is 19.4 Å². The molecule has 1 aromatic carbocycles. The summed E-state index contributed by atoms with van der Waals surface area (Å²) in [7, 11) is 0. The molecule has 122 valence electrons. The molecule has 3 N–H and O–H groups in total. The van der Waals surface area contributed by atoms with Crippen LogP contribution in [0.2, 0.25) is 5.02 Å². The van der Waals surface area contributed by atoms with Gasteiger partial charge in [-0.3, -0.25) is 9.80 Å². The first-order chi connectivity index (χ1) is 11.4. The lowest BCUT2D eigenvalue weighted by Gasteiger charge is -2.32. The topological polar surface area (TPSA) is 126 Å². The molecule has 1 aliphatic rings. The zero-order valence-electron chi connectivity index (χ0n) is 12.8. The monoisotopic (exact) mass is 343 g/mol. The van der Waals surface area contributed by atoms with Gasteiger partial charge < -0.3 is 5.11 Å². The number of hydrazine groups is 1. The number of carboxylic acids is 1. The Hall–Kier alpha value is -2.87. The first-order valence-electron chi connectivity index (χ1n) is 7.09. The predicted octanol–water partition coefficient (Wildman–Crippen LogP) is 2.17. The summed E-state index contributed by atoms with van der Waals surface area (Å²) < 4.78 is 0. The minimum atomic E-state index is -1.10. The molecule has 0 bridgehead atoms. The summed E-state index contributed by atoms with van der Waals surface area (Å²) in [5.41, 5.74) is 0.802. The highest BCUT2D eigenvalue weighted by molar-refractivity contribution is 6.30. The van der Waals surface area contributed by atoms with E-state index in [2.05, 4.69) is 4.99 Å². The van der Waals surface area contributed by atoms with Gasteiger partial charge in [-0.1, -0.05) is 30.7 Å². The van der Waals surface area contributed by atoms with E-state index >= 15 is 0 Å². The first kappa shape index (κ1) is 17.5. The lowest BCUT2D eigenvalue weighted by atomic mass is 9.94. The van der Waals surface area contributed by atoms with Crippen LogP contribution in [0, 0.1) is 28.6 Å². The number of nitriles is 2. The molecular weight excluding hydrogens is 330 g/mol. The van der Waals surface area contributed by atoms with Crippen molar-refractivity contribution < 1.29 is 9.90 Å². The summed E-state index contributed by atoms with van der Waals surface area (Å²) in [4.78, 5) is 15.7. The molecule has 8 heteroatoms. The second-order valence-electron chi connectivity index (χ2n) is 5.09. The van der Waals surface area contributed by atoms with E-state index in [1.165, 1.54) is 0 Å². The van der Waals surface area contributed by atoms with E-state index < -0.39 is 17.9 Å². The number of benzene rings is 1. The van der Waals surface area contributed by atoms with E-state index in [4.69, 9.17) is 17.4 Å². The third kappa shape index (κ3) is 3.09. The predicted molar refractivity (Wildman–Crippen MR) is 88.3 cm³/mol. The molecule has 7 nitrogen and oxygen atoms in total. The smallest absolute Gasteiger partial charge is 0.312 e. The normalized spacial score (nSPS) is 18.5. The van der Waals surface area contributed by atoms with Gasteiger partial charge in [0.2, 0.25) is 0 Å². The summed E-state index contributed by atoms with van der Waals surface area (Å²) in [6.45, 7) is 1.69. The van der Waals surface area contributed by atoms with Crippen LogP contribution in [0.3, 0.4) is 0 Å². The molecule has 1 aliphatic heterocycles. The first-order valence-corrected chi connectivity index (χ1v) is 7.47. The van der Waals surface area contributed by atoms with Crippen molar-refractivity contribution in [2.75, 3.05) is 0 Å². The Morgan fingerprint density at radius 2 is 2.25 bits per heavy atom. The van der Waals surface area contributed by atoms with Crippen LogP contribution in [0.15, 0.2) is 35.0 Å². The van der Waals surface area contributed by atoms with Gasteiger partial charge in [-0.15, -0.1) is 0 Å². The van der Waals surface area contributed by atoms with Crippen molar-refractivity contribution in [2.24, 2.45) is 16.8 Å². The third-order valence-electron chi connectivity index (χ3n) is 3.65. The van der Waals surface area contributed by atoms with E-state index in [-0.39, 0.29) is 23.5 Å². The number of nitrogens with zero attached hydrogens (tertiary/aromatic N) is 4. The lowest BCUT2D eigenvalue weighted by molar-refractivity contribution is -0.140. The fourth-order valence-electron chi connectivity index (χ4n) is 2.51. The molecule has 1 aromatic rings. The Balaban J connectivity index is 2.78. The molecule has 2 unspecified atom stereocenters. The maximum atomic E-state index is 11.6. The highest BCUT2D eigenvalue weighted by Crippen LogP contribution is 2.34. The standard InChI is InChI=1S/C16H14ClN5O2/c1-2-11(16(23)24)14-15(9-4-3-5-10(17)6-9)22(20)13(8-19)12(7-18)21-14/h3-6,11,13H,2,20H2,1H3,(H,23,24). The number of halogens is 1. The second-order valence-corrected chi connectivity index (χ2v) is 5.53. The Bertz CT molecular complexity index is 818. The van der Waals surface area contributed by atoms with Crippen molar-refractivity contribution in [1.29, 1.82) is 10.5 Å². The summed E-state index contributed by atoms with van der Waals surface area (Å²) in [6, 6.07) is 9.27. The van der Waals surface area contributed by atoms with Crippen LogP contribution in [0.25, 0.3) is 5.70 Å². The average molecular weight is 344 g/mol. The largest absolute Gasteiger partial charge is 0.481 e. The van der Waals surface area contributed by atoms with Crippen LogP contribution in [-0.2, 0) is 4.79 Å². The van der Waals surface area contributed by atoms with E-state index in [0.29, 0.717) is 10.6 Å². The van der Waals surface area contributed by atoms with E-state index in [1.807, 2.05) is 12.1 Å². The van der Waals surface area contributed by atoms with Crippen LogP contribution >= 0.6 is 11.6 Å². The quantitative estimate of drug-likeness (QED) is 0.806. The molecule has 1 heterocycles. The number of nitrogens with two attached hydrogens (primary N) is 1. The number of carboxylic acid groups (broad SMARTS) is 1. The number of aliphatic imine (C=N–C) groups is 1. The van der Waals surface area contributed by atoms with Crippen molar-refractivity contribution in [3.8, 4) is 12.1 Å². The molecule has 0 spiro atoms. The Morgan fingerprint density at radius 3 is 2.75 bits per heavy atom. The lowest BCUT2D eigenvalue weighted by Crippen LogP contribution is -2.46. The fourth-order valence-corrected chi connectivity index (χ4v) is 2.70. The van der Waals surface area contributed by atoms with E-state index in [0.717, 1.165) is 5.01 Å². The number of rotatable bonds is 4. The summed E-state index contributed by atoms with van der Waals surface area (Å²) >= 11 is 6.01. The van der Waals surface area contributed by atoms with Gasteiger partial charge in [-0.2, -0.15) is 10.5 Å². The number of carbonyl (C=O) groups is 1. The molecule has 2 rings (SSSR count). The van der Waals surface area contributed by atoms with E-state index in [9.17, 15) is 20.4 Å². The molecule has 0 saturated heterocycles. The maximum Gasteiger partial charge on any atom is 0.312 e. The van der Waals surface area contributed by atoms with E-state index in [1.54, 1.807) is 31.2 Å². The van der Waals surface area contributed by atoms with Gasteiger partial charge in [-0.05, 0) is 18.6 Å². The van der Waals surface area contributed by atoms with Crippen molar-refractivity contribution >= 4 is 29.0 Å². The van der Waals surface area contributed by atoms with Gasteiger partial charge in [0, 0.05) is 10.6 Å². The van der Waals surface area contributed by atoms with Crippen molar-refractivity contribution in [3.05, 3.63) is 40.5 Å². The van der Waals surface area contributed by atoms with Crippen molar-refractivity contribution in [3.63, 3.8) is 0 Å². The zero-order chi connectivity index (χ0) is 17.9. The second kappa shape index (κ2) is 7.14. The van der Waals surface area contributed by atoms with Gasteiger partial charge in [0.15, 0.2) is 11.8 Å². The SMILES string of the molecule is CCC(C(=O)O)C1=C(c2cccc(Cl)c2)N(N)C(C#N)C(C#N)=N1. The van der Waals surface area contributed by atoms with Crippen molar-refractivity contribution in [1.82, 2.24) is 5.01 Å². The summed E-state index contributed by atoms with van der Waals surface area (Å²) in [5, 5.41) is 29.5. The van der Waals surface area contributed by atoms with Crippen LogP contribution < -0.4 is 5.84 Å².